The minimum atomic E-state index is -1.22. The SMILES string of the molecule is CC(C)(C)NC(=O)COC(=O)c1cc(F)c(F)cc1N. The summed E-state index contributed by atoms with van der Waals surface area (Å²) >= 11 is 0. The molecule has 0 spiro atoms. The molecule has 0 saturated carbocycles. The summed E-state index contributed by atoms with van der Waals surface area (Å²) in [5, 5.41) is 2.58. The molecule has 5 nitrogen and oxygen atoms in total. The monoisotopic (exact) mass is 286 g/mol. The number of nitrogens with two attached hydrogens (primary N) is 1. The van der Waals surface area contributed by atoms with E-state index in [1.165, 1.54) is 0 Å². The zero-order valence-electron chi connectivity index (χ0n) is 11.4. The number of hydrogen-bond acceptors (Lipinski definition) is 4. The van der Waals surface area contributed by atoms with Crippen molar-refractivity contribution in [3.8, 4) is 0 Å². The van der Waals surface area contributed by atoms with Gasteiger partial charge in [-0.2, -0.15) is 0 Å². The topological polar surface area (TPSA) is 81.4 Å². The minimum Gasteiger partial charge on any atom is -0.452 e. The number of amides is 1. The van der Waals surface area contributed by atoms with Crippen LogP contribution in [-0.2, 0) is 9.53 Å². The van der Waals surface area contributed by atoms with Crippen molar-refractivity contribution in [2.75, 3.05) is 12.3 Å². The van der Waals surface area contributed by atoms with E-state index in [1.807, 2.05) is 0 Å². The van der Waals surface area contributed by atoms with Gasteiger partial charge in [-0.1, -0.05) is 0 Å². The summed E-state index contributed by atoms with van der Waals surface area (Å²) < 4.78 is 30.6. The van der Waals surface area contributed by atoms with Gasteiger partial charge < -0.3 is 15.8 Å². The molecule has 0 radical (unpaired) electrons. The summed E-state index contributed by atoms with van der Waals surface area (Å²) in [6.45, 7) is 4.76. The second-order valence-corrected chi connectivity index (χ2v) is 5.23. The summed E-state index contributed by atoms with van der Waals surface area (Å²) in [7, 11) is 0. The van der Waals surface area contributed by atoms with Crippen molar-refractivity contribution in [3.63, 3.8) is 0 Å². The first kappa shape index (κ1) is 15.9. The number of ether oxygens (including phenoxy) is 1. The molecule has 0 aromatic heterocycles. The van der Waals surface area contributed by atoms with E-state index in [0.717, 1.165) is 0 Å². The zero-order chi connectivity index (χ0) is 15.5. The van der Waals surface area contributed by atoms with Gasteiger partial charge in [0.2, 0.25) is 0 Å². The maximum Gasteiger partial charge on any atom is 0.340 e. The predicted octanol–water partition coefficient (Wildman–Crippen LogP) is 1.62. The fourth-order valence-corrected chi connectivity index (χ4v) is 1.40. The minimum absolute atomic E-state index is 0.259. The van der Waals surface area contributed by atoms with E-state index in [2.05, 4.69) is 5.32 Å². The number of nitrogen functional groups attached to an aromatic ring is 1. The molecule has 0 heterocycles. The summed E-state index contributed by atoms with van der Waals surface area (Å²) in [6, 6.07) is 1.32. The Balaban J connectivity index is 2.69. The van der Waals surface area contributed by atoms with E-state index in [0.29, 0.717) is 12.1 Å². The second kappa shape index (κ2) is 5.85. The molecule has 0 unspecified atom stereocenters. The fourth-order valence-electron chi connectivity index (χ4n) is 1.40. The van der Waals surface area contributed by atoms with E-state index in [9.17, 15) is 18.4 Å². The molecule has 0 atom stereocenters. The number of benzene rings is 1. The standard InChI is InChI=1S/C13H16F2N2O3/c1-13(2,3)17-11(18)6-20-12(19)7-4-8(14)9(15)5-10(7)16/h4-5H,6,16H2,1-3H3,(H,17,18). The van der Waals surface area contributed by atoms with Gasteiger partial charge in [-0.25, -0.2) is 13.6 Å². The van der Waals surface area contributed by atoms with Gasteiger partial charge in [0, 0.05) is 17.3 Å². The van der Waals surface area contributed by atoms with Gasteiger partial charge in [0.15, 0.2) is 18.2 Å². The first-order valence-corrected chi connectivity index (χ1v) is 5.83. The van der Waals surface area contributed by atoms with Crippen molar-refractivity contribution in [2.45, 2.75) is 26.3 Å². The van der Waals surface area contributed by atoms with Crippen LogP contribution >= 0.6 is 0 Å². The predicted molar refractivity (Wildman–Crippen MR) is 68.9 cm³/mol. The van der Waals surface area contributed by atoms with Gasteiger partial charge >= 0.3 is 5.97 Å². The van der Waals surface area contributed by atoms with Crippen molar-refractivity contribution in [3.05, 3.63) is 29.3 Å². The number of nitrogens with one attached hydrogen (secondary N) is 1. The molecule has 0 bridgehead atoms. The quantitative estimate of drug-likeness (QED) is 0.653. The summed E-state index contributed by atoms with van der Waals surface area (Å²) in [6.07, 6.45) is 0. The van der Waals surface area contributed by atoms with Crippen LogP contribution < -0.4 is 11.1 Å². The number of hydrogen-bond donors (Lipinski definition) is 2. The van der Waals surface area contributed by atoms with E-state index in [4.69, 9.17) is 10.5 Å². The zero-order valence-corrected chi connectivity index (χ0v) is 11.4. The lowest BCUT2D eigenvalue weighted by molar-refractivity contribution is -0.125. The maximum absolute atomic E-state index is 13.0. The Morgan fingerprint density at radius 3 is 2.35 bits per heavy atom. The number of halogens is 2. The van der Waals surface area contributed by atoms with Crippen LogP contribution in [0.25, 0.3) is 0 Å². The number of carbonyl (C=O) groups excluding carboxylic acids is 2. The average Bonchev–Trinajstić information content (AvgIpc) is 2.28. The molecule has 1 aromatic rings. The van der Waals surface area contributed by atoms with Gasteiger partial charge in [0.25, 0.3) is 5.91 Å². The van der Waals surface area contributed by atoms with Crippen LogP contribution in [0.4, 0.5) is 14.5 Å². The van der Waals surface area contributed by atoms with Crippen molar-refractivity contribution >= 4 is 17.6 Å². The number of rotatable bonds is 3. The molecule has 110 valence electrons. The lowest BCUT2D eigenvalue weighted by Crippen LogP contribution is -2.42. The summed E-state index contributed by atoms with van der Waals surface area (Å²) in [5.74, 6) is -3.88. The highest BCUT2D eigenvalue weighted by molar-refractivity contribution is 5.96. The number of carbonyl (C=O) groups is 2. The highest BCUT2D eigenvalue weighted by atomic mass is 19.2. The molecule has 1 aromatic carbocycles. The Morgan fingerprint density at radius 2 is 1.80 bits per heavy atom. The van der Waals surface area contributed by atoms with Crippen molar-refractivity contribution in [1.82, 2.24) is 5.32 Å². The number of anilines is 1. The van der Waals surface area contributed by atoms with Crippen molar-refractivity contribution in [2.24, 2.45) is 0 Å². The van der Waals surface area contributed by atoms with Gasteiger partial charge in [0.05, 0.1) is 5.56 Å². The fraction of sp³-hybridized carbons (Fsp3) is 0.385. The summed E-state index contributed by atoms with van der Waals surface area (Å²) in [4.78, 5) is 23.1. The lowest BCUT2D eigenvalue weighted by atomic mass is 10.1. The van der Waals surface area contributed by atoms with Crippen LogP contribution in [-0.4, -0.2) is 24.0 Å². The Kier molecular flexibility index (Phi) is 4.65. The van der Waals surface area contributed by atoms with Crippen LogP contribution in [0.1, 0.15) is 31.1 Å². The van der Waals surface area contributed by atoms with Crippen LogP contribution in [0.5, 0.6) is 0 Å². The molecule has 0 aliphatic rings. The van der Waals surface area contributed by atoms with E-state index in [1.54, 1.807) is 20.8 Å². The van der Waals surface area contributed by atoms with E-state index < -0.39 is 35.7 Å². The van der Waals surface area contributed by atoms with E-state index in [-0.39, 0.29) is 11.3 Å². The normalized spacial score (nSPS) is 11.1. The van der Waals surface area contributed by atoms with E-state index >= 15 is 0 Å². The van der Waals surface area contributed by atoms with Crippen LogP contribution in [0.15, 0.2) is 12.1 Å². The molecule has 20 heavy (non-hydrogen) atoms. The molecule has 0 aliphatic carbocycles. The Hall–Kier alpha value is -2.18. The highest BCUT2D eigenvalue weighted by Gasteiger charge is 2.18. The Labute approximate surface area is 115 Å². The second-order valence-electron chi connectivity index (χ2n) is 5.23. The molecule has 3 N–H and O–H groups in total. The lowest BCUT2D eigenvalue weighted by Gasteiger charge is -2.20. The Morgan fingerprint density at radius 1 is 1.25 bits per heavy atom. The van der Waals surface area contributed by atoms with Gasteiger partial charge in [-0.05, 0) is 26.8 Å². The Bertz CT molecular complexity index is 539. The molecule has 0 aliphatic heterocycles. The van der Waals surface area contributed by atoms with Crippen LogP contribution in [0.3, 0.4) is 0 Å². The molecule has 1 amide bonds. The van der Waals surface area contributed by atoms with Crippen molar-refractivity contribution in [1.29, 1.82) is 0 Å². The van der Waals surface area contributed by atoms with Gasteiger partial charge in [-0.3, -0.25) is 4.79 Å². The number of esters is 1. The summed E-state index contributed by atoms with van der Waals surface area (Å²) in [5.41, 5.74) is 4.34. The largest absolute Gasteiger partial charge is 0.452 e. The molecule has 1 rings (SSSR count). The third-order valence-corrected chi connectivity index (χ3v) is 2.16. The van der Waals surface area contributed by atoms with Gasteiger partial charge in [-0.15, -0.1) is 0 Å². The molecular weight excluding hydrogens is 270 g/mol. The van der Waals surface area contributed by atoms with Crippen LogP contribution in [0, 0.1) is 11.6 Å². The first-order chi connectivity index (χ1) is 9.10. The first-order valence-electron chi connectivity index (χ1n) is 5.83. The molecule has 0 fully saturated rings. The maximum atomic E-state index is 13.0. The molecule has 0 saturated heterocycles. The van der Waals surface area contributed by atoms with Gasteiger partial charge in [0.1, 0.15) is 0 Å². The third-order valence-electron chi connectivity index (χ3n) is 2.16. The smallest absolute Gasteiger partial charge is 0.340 e. The molecular formula is C13H16F2N2O3. The van der Waals surface area contributed by atoms with Crippen molar-refractivity contribution < 1.29 is 23.1 Å². The van der Waals surface area contributed by atoms with Crippen LogP contribution in [0.2, 0.25) is 0 Å². The third kappa shape index (κ3) is 4.49. The average molecular weight is 286 g/mol. The molecule has 7 heteroatoms. The highest BCUT2D eigenvalue weighted by Crippen LogP contribution is 2.17.